The smallest absolute Gasteiger partial charge is 0.348 e. The van der Waals surface area contributed by atoms with Crippen molar-refractivity contribution >= 4 is 17.7 Å². The number of carboxylic acid groups (broad SMARTS) is 1. The van der Waals surface area contributed by atoms with Gasteiger partial charge in [0.2, 0.25) is 5.60 Å². The summed E-state index contributed by atoms with van der Waals surface area (Å²) in [7, 11) is 0. The van der Waals surface area contributed by atoms with Crippen molar-refractivity contribution in [2.45, 2.75) is 64.6 Å². The van der Waals surface area contributed by atoms with Crippen molar-refractivity contribution in [3.63, 3.8) is 0 Å². The predicted octanol–water partition coefficient (Wildman–Crippen LogP) is 2.65. The summed E-state index contributed by atoms with van der Waals surface area (Å²) in [6, 6.07) is 0. The molecule has 0 aromatic rings. The van der Waals surface area contributed by atoms with Gasteiger partial charge in [0.25, 0.3) is 0 Å². The summed E-state index contributed by atoms with van der Waals surface area (Å²) < 4.78 is 5.49. The van der Waals surface area contributed by atoms with Crippen LogP contribution in [0.2, 0.25) is 0 Å². The molecule has 6 heteroatoms. The van der Waals surface area contributed by atoms with Crippen molar-refractivity contribution in [1.82, 2.24) is 0 Å². The van der Waals surface area contributed by atoms with Crippen LogP contribution in [0.3, 0.4) is 0 Å². The molecule has 7 atom stereocenters. The Bertz CT molecular complexity index is 812. The quantitative estimate of drug-likeness (QED) is 0.706. The molecule has 0 bridgehead atoms. The van der Waals surface area contributed by atoms with Gasteiger partial charge in [0.15, 0.2) is 5.78 Å². The lowest BCUT2D eigenvalue weighted by atomic mass is 9.46. The van der Waals surface area contributed by atoms with Crippen molar-refractivity contribution in [3.05, 3.63) is 23.8 Å². The lowest BCUT2D eigenvalue weighted by Gasteiger charge is -2.59. The molecule has 4 aliphatic rings. The lowest BCUT2D eigenvalue weighted by Crippen LogP contribution is -2.62. The summed E-state index contributed by atoms with van der Waals surface area (Å²) in [5.41, 5.74) is -1.75. The van der Waals surface area contributed by atoms with E-state index in [-0.39, 0.29) is 36.4 Å². The number of aliphatic carboxylic acids is 1. The third kappa shape index (κ3) is 2.33. The second-order valence-corrected chi connectivity index (χ2v) is 9.48. The van der Waals surface area contributed by atoms with E-state index >= 15 is 0 Å². The number of fused-ring (bicyclic) bond motifs is 5. The van der Waals surface area contributed by atoms with Gasteiger partial charge in [-0.1, -0.05) is 25.5 Å². The average molecular weight is 388 g/mol. The first kappa shape index (κ1) is 19.4. The number of carbonyl (C=O) groups excluding carboxylic acids is 2. The Morgan fingerprint density at radius 3 is 2.61 bits per heavy atom. The van der Waals surface area contributed by atoms with Gasteiger partial charge in [-0.25, -0.2) is 4.79 Å². The Hall–Kier alpha value is -1.95. The van der Waals surface area contributed by atoms with Crippen LogP contribution < -0.4 is 0 Å². The van der Waals surface area contributed by atoms with Crippen LogP contribution in [0.15, 0.2) is 23.8 Å². The largest absolute Gasteiger partial charge is 0.478 e. The summed E-state index contributed by atoms with van der Waals surface area (Å²) >= 11 is 0. The van der Waals surface area contributed by atoms with Gasteiger partial charge in [-0.15, -0.1) is 0 Å². The number of ketones is 1. The topological polar surface area (TPSA) is 101 Å². The Kier molecular flexibility index (Phi) is 4.17. The van der Waals surface area contributed by atoms with Crippen molar-refractivity contribution in [3.8, 4) is 0 Å². The SMILES string of the molecule is CC(=O)O[C@]1(C(=O)O)CC[C@H]2[C@@H]3CCC4=CC(=O)C=C[C@]4(C)[C@H]3[C@@H](O)C[C@@]21C. The molecular formula is C22H28O6. The van der Waals surface area contributed by atoms with Gasteiger partial charge in [0, 0.05) is 23.7 Å². The first-order chi connectivity index (χ1) is 13.0. The molecule has 152 valence electrons. The van der Waals surface area contributed by atoms with Crippen LogP contribution in [0.4, 0.5) is 0 Å². The number of ether oxygens (including phenoxy) is 1. The first-order valence-electron chi connectivity index (χ1n) is 10.1. The molecule has 0 radical (unpaired) electrons. The molecule has 3 fully saturated rings. The maximum Gasteiger partial charge on any atom is 0.348 e. The van der Waals surface area contributed by atoms with E-state index in [1.807, 2.05) is 13.0 Å². The van der Waals surface area contributed by atoms with Crippen LogP contribution in [0, 0.1) is 28.6 Å². The summed E-state index contributed by atoms with van der Waals surface area (Å²) in [6.07, 6.45) is 7.25. The molecular weight excluding hydrogens is 360 g/mol. The van der Waals surface area contributed by atoms with Gasteiger partial charge in [0.05, 0.1) is 6.10 Å². The van der Waals surface area contributed by atoms with E-state index in [2.05, 4.69) is 6.92 Å². The zero-order valence-corrected chi connectivity index (χ0v) is 16.6. The van der Waals surface area contributed by atoms with E-state index < -0.39 is 34.5 Å². The minimum atomic E-state index is -1.59. The third-order valence-electron chi connectivity index (χ3n) is 8.28. The fraction of sp³-hybridized carbons (Fsp3) is 0.682. The van der Waals surface area contributed by atoms with E-state index in [0.717, 1.165) is 18.4 Å². The minimum absolute atomic E-state index is 0.0123. The maximum atomic E-state index is 12.3. The molecule has 0 spiro atoms. The van der Waals surface area contributed by atoms with Crippen molar-refractivity contribution in [1.29, 1.82) is 0 Å². The molecule has 28 heavy (non-hydrogen) atoms. The van der Waals surface area contributed by atoms with E-state index in [4.69, 9.17) is 4.74 Å². The number of hydrogen-bond donors (Lipinski definition) is 2. The molecule has 0 aliphatic heterocycles. The summed E-state index contributed by atoms with van der Waals surface area (Å²) in [4.78, 5) is 35.9. The molecule has 0 amide bonds. The third-order valence-corrected chi connectivity index (χ3v) is 8.28. The Balaban J connectivity index is 1.77. The van der Waals surface area contributed by atoms with Crippen molar-refractivity contribution in [2.24, 2.45) is 28.6 Å². The Morgan fingerprint density at radius 1 is 1.25 bits per heavy atom. The number of carboxylic acids is 1. The molecule has 0 aromatic carbocycles. The number of aliphatic hydroxyl groups excluding tert-OH is 1. The molecule has 2 N–H and O–H groups in total. The van der Waals surface area contributed by atoms with E-state index in [1.54, 1.807) is 12.2 Å². The van der Waals surface area contributed by atoms with Crippen LogP contribution in [0.1, 0.15) is 52.9 Å². The number of carbonyl (C=O) groups is 3. The molecule has 4 rings (SSSR count). The first-order valence-corrected chi connectivity index (χ1v) is 10.1. The highest BCUT2D eigenvalue weighted by Gasteiger charge is 2.70. The summed E-state index contributed by atoms with van der Waals surface area (Å²) in [6.45, 7) is 5.19. The minimum Gasteiger partial charge on any atom is -0.478 e. The molecule has 4 aliphatic carbocycles. The zero-order chi connectivity index (χ0) is 20.5. The van der Waals surface area contributed by atoms with Gasteiger partial charge < -0.3 is 14.9 Å². The monoisotopic (exact) mass is 388 g/mol. The molecule has 0 heterocycles. The average Bonchev–Trinajstić information content (AvgIpc) is 2.88. The second kappa shape index (κ2) is 6.02. The predicted molar refractivity (Wildman–Crippen MR) is 100 cm³/mol. The molecule has 0 unspecified atom stereocenters. The van der Waals surface area contributed by atoms with Gasteiger partial charge >= 0.3 is 11.9 Å². The van der Waals surface area contributed by atoms with Crippen LogP contribution in [-0.2, 0) is 19.1 Å². The van der Waals surface area contributed by atoms with Crippen LogP contribution in [0.25, 0.3) is 0 Å². The molecule has 0 saturated heterocycles. The highest BCUT2D eigenvalue weighted by atomic mass is 16.6. The zero-order valence-electron chi connectivity index (χ0n) is 16.6. The van der Waals surface area contributed by atoms with Crippen molar-refractivity contribution in [2.75, 3.05) is 0 Å². The van der Waals surface area contributed by atoms with Crippen LogP contribution in [-0.4, -0.2) is 39.6 Å². The van der Waals surface area contributed by atoms with Crippen LogP contribution in [0.5, 0.6) is 0 Å². The van der Waals surface area contributed by atoms with E-state index in [9.17, 15) is 24.6 Å². The van der Waals surface area contributed by atoms with Crippen molar-refractivity contribution < 1.29 is 29.3 Å². The fourth-order valence-electron chi connectivity index (χ4n) is 7.12. The maximum absolute atomic E-state index is 12.3. The molecule has 6 nitrogen and oxygen atoms in total. The molecule has 0 aromatic heterocycles. The summed E-state index contributed by atoms with van der Waals surface area (Å²) in [5, 5.41) is 21.3. The highest BCUT2D eigenvalue weighted by molar-refractivity contribution is 6.01. The number of esters is 1. The second-order valence-electron chi connectivity index (χ2n) is 9.48. The fourth-order valence-corrected chi connectivity index (χ4v) is 7.12. The van der Waals surface area contributed by atoms with Gasteiger partial charge in [0.1, 0.15) is 0 Å². The standard InChI is InChI=1S/C22H28O6/c1-12(23)28-22(19(26)27)9-7-16-15-5-4-13-10-14(24)6-8-20(13,2)18(15)17(25)11-21(16,22)3/h6,8,10,15-18,25H,4-5,7,9,11H2,1-3H3,(H,26,27)/t15-,16-,17-,18+,20-,21-,22-/m0/s1. The number of hydrogen-bond acceptors (Lipinski definition) is 5. The van der Waals surface area contributed by atoms with E-state index in [1.165, 1.54) is 6.92 Å². The summed E-state index contributed by atoms with van der Waals surface area (Å²) in [5.74, 6) is -1.65. The van der Waals surface area contributed by atoms with Crippen LogP contribution >= 0.6 is 0 Å². The number of allylic oxidation sites excluding steroid dienone is 4. The number of aliphatic hydroxyl groups is 1. The Labute approximate surface area is 164 Å². The normalized spacial score (nSPS) is 46.9. The highest BCUT2D eigenvalue weighted by Crippen LogP contribution is 2.67. The van der Waals surface area contributed by atoms with Gasteiger partial charge in [-0.05, 0) is 56.1 Å². The number of rotatable bonds is 2. The van der Waals surface area contributed by atoms with E-state index in [0.29, 0.717) is 6.42 Å². The lowest BCUT2D eigenvalue weighted by molar-refractivity contribution is -0.208. The van der Waals surface area contributed by atoms with Gasteiger partial charge in [-0.3, -0.25) is 9.59 Å². The molecule has 3 saturated carbocycles. The Morgan fingerprint density at radius 2 is 1.96 bits per heavy atom. The van der Waals surface area contributed by atoms with Gasteiger partial charge in [-0.2, -0.15) is 0 Å².